The Hall–Kier alpha value is -2.14. The third-order valence-corrected chi connectivity index (χ3v) is 4.39. The number of nitrogens with zero attached hydrogens (tertiary/aromatic N) is 4. The maximum atomic E-state index is 4.14. The van der Waals surface area contributed by atoms with Gasteiger partial charge in [-0.15, -0.1) is 16.9 Å². The first-order valence-corrected chi connectivity index (χ1v) is 7.75. The normalized spacial score (nSPS) is 10.8. The molecule has 21 heavy (non-hydrogen) atoms. The van der Waals surface area contributed by atoms with Crippen molar-refractivity contribution < 1.29 is 0 Å². The smallest absolute Gasteiger partial charge is 0.166 e. The van der Waals surface area contributed by atoms with Gasteiger partial charge in [0.15, 0.2) is 5.82 Å². The van der Waals surface area contributed by atoms with Gasteiger partial charge in [-0.05, 0) is 48.0 Å². The van der Waals surface area contributed by atoms with Crippen LogP contribution in [0, 0.1) is 13.8 Å². The molecule has 3 aromatic rings. The molecule has 4 nitrogen and oxygen atoms in total. The van der Waals surface area contributed by atoms with Crippen molar-refractivity contribution in [2.24, 2.45) is 0 Å². The fourth-order valence-corrected chi connectivity index (χ4v) is 3.10. The number of aromatic nitrogens is 4. The maximum absolute atomic E-state index is 4.14. The van der Waals surface area contributed by atoms with E-state index in [2.05, 4.69) is 47.6 Å². The Kier molecular flexibility index (Phi) is 4.01. The first-order valence-electron chi connectivity index (χ1n) is 6.77. The van der Waals surface area contributed by atoms with Gasteiger partial charge in [-0.3, -0.25) is 0 Å². The van der Waals surface area contributed by atoms with Crippen LogP contribution in [0.15, 0.2) is 53.4 Å². The van der Waals surface area contributed by atoms with Crippen LogP contribution in [0.3, 0.4) is 0 Å². The van der Waals surface area contributed by atoms with Crippen molar-refractivity contribution in [3.05, 3.63) is 65.5 Å². The van der Waals surface area contributed by atoms with Crippen molar-refractivity contribution in [3.8, 4) is 5.69 Å². The van der Waals surface area contributed by atoms with Gasteiger partial charge in [-0.1, -0.05) is 35.9 Å². The Morgan fingerprint density at radius 3 is 2.67 bits per heavy atom. The highest BCUT2D eigenvalue weighted by Gasteiger charge is 2.09. The second kappa shape index (κ2) is 6.10. The zero-order chi connectivity index (χ0) is 14.7. The van der Waals surface area contributed by atoms with E-state index in [4.69, 9.17) is 0 Å². The molecule has 1 aromatic heterocycles. The van der Waals surface area contributed by atoms with Crippen LogP contribution in [0.4, 0.5) is 0 Å². The van der Waals surface area contributed by atoms with Gasteiger partial charge in [0.2, 0.25) is 0 Å². The lowest BCUT2D eigenvalue weighted by atomic mass is 10.2. The molecule has 0 radical (unpaired) electrons. The van der Waals surface area contributed by atoms with Crippen molar-refractivity contribution in [3.63, 3.8) is 0 Å². The van der Waals surface area contributed by atoms with Gasteiger partial charge in [0, 0.05) is 4.90 Å². The number of benzene rings is 2. The van der Waals surface area contributed by atoms with Crippen LogP contribution in [-0.4, -0.2) is 20.2 Å². The van der Waals surface area contributed by atoms with Crippen LogP contribution >= 0.6 is 11.8 Å². The summed E-state index contributed by atoms with van der Waals surface area (Å²) in [5, 5.41) is 12.0. The van der Waals surface area contributed by atoms with E-state index in [1.165, 1.54) is 16.0 Å². The lowest BCUT2D eigenvalue weighted by Crippen LogP contribution is -2.01. The predicted molar refractivity (Wildman–Crippen MR) is 84.6 cm³/mol. The largest absolute Gasteiger partial charge is 0.196 e. The fourth-order valence-electron chi connectivity index (χ4n) is 2.07. The second-order valence-corrected chi connectivity index (χ2v) is 5.92. The van der Waals surface area contributed by atoms with Crippen LogP contribution in [0.1, 0.15) is 17.0 Å². The molecule has 2 aromatic carbocycles. The first-order chi connectivity index (χ1) is 10.2. The number of tetrazole rings is 1. The molecule has 0 fully saturated rings. The second-order valence-electron chi connectivity index (χ2n) is 4.90. The monoisotopic (exact) mass is 296 g/mol. The van der Waals surface area contributed by atoms with Gasteiger partial charge in [-0.25, -0.2) is 0 Å². The Balaban J connectivity index is 1.81. The first kappa shape index (κ1) is 13.8. The summed E-state index contributed by atoms with van der Waals surface area (Å²) in [6, 6.07) is 16.4. The molecule has 3 rings (SSSR count). The molecule has 0 aliphatic heterocycles. The summed E-state index contributed by atoms with van der Waals surface area (Å²) < 4.78 is 1.79. The molecule has 0 atom stereocenters. The van der Waals surface area contributed by atoms with E-state index in [0.717, 1.165) is 17.3 Å². The van der Waals surface area contributed by atoms with E-state index in [1.54, 1.807) is 16.4 Å². The van der Waals surface area contributed by atoms with Gasteiger partial charge < -0.3 is 0 Å². The molecular formula is C16H16N4S. The van der Waals surface area contributed by atoms with Gasteiger partial charge >= 0.3 is 0 Å². The number of hydrogen-bond acceptors (Lipinski definition) is 4. The summed E-state index contributed by atoms with van der Waals surface area (Å²) in [4.78, 5) is 1.28. The standard InChI is InChI=1S/C16H16N4S/c1-12-8-9-13(2)15(10-12)21-11-16-17-18-19-20(16)14-6-4-3-5-7-14/h3-10H,11H2,1-2H3. The summed E-state index contributed by atoms with van der Waals surface area (Å²) in [6.07, 6.45) is 0. The molecule has 0 spiro atoms. The number of hydrogen-bond donors (Lipinski definition) is 0. The Morgan fingerprint density at radius 1 is 1.05 bits per heavy atom. The Morgan fingerprint density at radius 2 is 1.86 bits per heavy atom. The maximum Gasteiger partial charge on any atom is 0.166 e. The average Bonchev–Trinajstić information content (AvgIpc) is 2.97. The summed E-state index contributed by atoms with van der Waals surface area (Å²) in [5.41, 5.74) is 3.54. The SMILES string of the molecule is Cc1ccc(C)c(SCc2nnnn2-c2ccccc2)c1. The molecular weight excluding hydrogens is 280 g/mol. The third kappa shape index (κ3) is 3.13. The van der Waals surface area contributed by atoms with Gasteiger partial charge in [-0.2, -0.15) is 4.68 Å². The molecule has 0 saturated heterocycles. The molecule has 0 aliphatic rings. The highest BCUT2D eigenvalue weighted by molar-refractivity contribution is 7.98. The summed E-state index contributed by atoms with van der Waals surface area (Å²) in [5.74, 6) is 1.60. The van der Waals surface area contributed by atoms with Crippen LogP contribution in [0.25, 0.3) is 5.69 Å². The minimum absolute atomic E-state index is 0.742. The number of para-hydroxylation sites is 1. The van der Waals surface area contributed by atoms with Crippen LogP contribution in [0.5, 0.6) is 0 Å². The third-order valence-electron chi connectivity index (χ3n) is 3.24. The van der Waals surface area contributed by atoms with Crippen molar-refractivity contribution in [1.82, 2.24) is 20.2 Å². The van der Waals surface area contributed by atoms with Crippen molar-refractivity contribution in [1.29, 1.82) is 0 Å². The van der Waals surface area contributed by atoms with Gasteiger partial charge in [0.1, 0.15) is 0 Å². The molecule has 106 valence electrons. The van der Waals surface area contributed by atoms with Crippen molar-refractivity contribution in [2.45, 2.75) is 24.5 Å². The summed E-state index contributed by atoms with van der Waals surface area (Å²) in [6.45, 7) is 4.24. The summed E-state index contributed by atoms with van der Waals surface area (Å²) >= 11 is 1.76. The molecule has 1 heterocycles. The number of thioether (sulfide) groups is 1. The minimum Gasteiger partial charge on any atom is -0.196 e. The molecule has 0 unspecified atom stereocenters. The van der Waals surface area contributed by atoms with Crippen molar-refractivity contribution in [2.75, 3.05) is 0 Å². The van der Waals surface area contributed by atoms with E-state index in [9.17, 15) is 0 Å². The number of aryl methyl sites for hydroxylation is 2. The topological polar surface area (TPSA) is 43.6 Å². The van der Waals surface area contributed by atoms with Crippen LogP contribution in [-0.2, 0) is 5.75 Å². The Labute approximate surface area is 128 Å². The average molecular weight is 296 g/mol. The molecule has 0 saturated carbocycles. The highest BCUT2D eigenvalue weighted by atomic mass is 32.2. The molecule has 0 bridgehead atoms. The van der Waals surface area contributed by atoms with Gasteiger partial charge in [0.25, 0.3) is 0 Å². The molecule has 0 amide bonds. The van der Waals surface area contributed by atoms with Crippen LogP contribution in [0.2, 0.25) is 0 Å². The fraction of sp³-hybridized carbons (Fsp3) is 0.188. The van der Waals surface area contributed by atoms with E-state index in [0.29, 0.717) is 0 Å². The lowest BCUT2D eigenvalue weighted by molar-refractivity contribution is 0.777. The lowest BCUT2D eigenvalue weighted by Gasteiger charge is -2.07. The zero-order valence-corrected chi connectivity index (χ0v) is 12.8. The van der Waals surface area contributed by atoms with E-state index >= 15 is 0 Å². The molecule has 0 aliphatic carbocycles. The Bertz CT molecular complexity index is 737. The highest BCUT2D eigenvalue weighted by Crippen LogP contribution is 2.26. The summed E-state index contributed by atoms with van der Waals surface area (Å²) in [7, 11) is 0. The molecule has 0 N–H and O–H groups in total. The quantitative estimate of drug-likeness (QED) is 0.690. The predicted octanol–water partition coefficient (Wildman–Crippen LogP) is 3.57. The molecule has 5 heteroatoms. The van der Waals surface area contributed by atoms with Crippen molar-refractivity contribution >= 4 is 11.8 Å². The van der Waals surface area contributed by atoms with Gasteiger partial charge in [0.05, 0.1) is 11.4 Å². The van der Waals surface area contributed by atoms with E-state index < -0.39 is 0 Å². The minimum atomic E-state index is 0.742. The zero-order valence-electron chi connectivity index (χ0n) is 12.0. The van der Waals surface area contributed by atoms with E-state index in [1.807, 2.05) is 30.3 Å². The van der Waals surface area contributed by atoms with E-state index in [-0.39, 0.29) is 0 Å². The number of rotatable bonds is 4. The van der Waals surface area contributed by atoms with Crippen LogP contribution < -0.4 is 0 Å².